The molecule has 1 aliphatic rings. The summed E-state index contributed by atoms with van der Waals surface area (Å²) in [4.78, 5) is 25.4. The van der Waals surface area contributed by atoms with E-state index in [1.165, 1.54) is 0 Å². The fourth-order valence-corrected chi connectivity index (χ4v) is 3.55. The van der Waals surface area contributed by atoms with Crippen molar-refractivity contribution in [1.82, 2.24) is 15.5 Å². The van der Waals surface area contributed by atoms with Gasteiger partial charge in [0.2, 0.25) is 0 Å². The highest BCUT2D eigenvalue weighted by Crippen LogP contribution is 2.24. The third-order valence-corrected chi connectivity index (χ3v) is 5.13. The molecular weight excluding hydrogens is 358 g/mol. The van der Waals surface area contributed by atoms with Crippen molar-refractivity contribution < 1.29 is 19.4 Å². The van der Waals surface area contributed by atoms with Crippen molar-refractivity contribution in [3.8, 4) is 5.75 Å². The van der Waals surface area contributed by atoms with E-state index in [-0.39, 0.29) is 30.1 Å². The molecule has 2 rings (SSSR count). The lowest BCUT2D eigenvalue weighted by molar-refractivity contribution is -0.142. The summed E-state index contributed by atoms with van der Waals surface area (Å²) in [6.45, 7) is 4.47. The molecule has 2 amide bonds. The molecule has 1 aromatic rings. The fraction of sp³-hybridized carbons (Fsp3) is 0.619. The van der Waals surface area contributed by atoms with Crippen molar-refractivity contribution >= 4 is 12.0 Å². The normalized spacial score (nSPS) is 20.6. The summed E-state index contributed by atoms with van der Waals surface area (Å²) in [6, 6.07) is 7.83. The Morgan fingerprint density at radius 2 is 1.75 bits per heavy atom. The van der Waals surface area contributed by atoms with Gasteiger partial charge < -0.3 is 25.4 Å². The number of nitrogens with zero attached hydrogens (tertiary/aromatic N) is 1. The van der Waals surface area contributed by atoms with Crippen LogP contribution in [0.25, 0.3) is 0 Å². The number of carboxylic acids is 1. The van der Waals surface area contributed by atoms with Crippen LogP contribution in [-0.4, -0.2) is 54.8 Å². The SMILES string of the molecule is CC(C)Oc1ccc(C(CNC(=O)NC2CCC(C(=O)O)CC2)N(C)C)cc1. The highest BCUT2D eigenvalue weighted by atomic mass is 16.5. The van der Waals surface area contributed by atoms with Crippen molar-refractivity contribution in [2.75, 3.05) is 20.6 Å². The second kappa shape index (κ2) is 10.3. The second-order valence-corrected chi connectivity index (χ2v) is 7.96. The van der Waals surface area contributed by atoms with Crippen molar-refractivity contribution in [3.05, 3.63) is 29.8 Å². The molecule has 7 nitrogen and oxygen atoms in total. The number of hydrogen-bond donors (Lipinski definition) is 3. The molecule has 28 heavy (non-hydrogen) atoms. The Morgan fingerprint density at radius 1 is 1.14 bits per heavy atom. The van der Waals surface area contributed by atoms with Crippen LogP contribution in [0.1, 0.15) is 51.1 Å². The van der Waals surface area contributed by atoms with Crippen molar-refractivity contribution in [2.45, 2.75) is 57.7 Å². The number of ether oxygens (including phenoxy) is 1. The van der Waals surface area contributed by atoms with Gasteiger partial charge in [-0.1, -0.05) is 12.1 Å². The zero-order valence-corrected chi connectivity index (χ0v) is 17.3. The van der Waals surface area contributed by atoms with E-state index in [2.05, 4.69) is 15.5 Å². The summed E-state index contributed by atoms with van der Waals surface area (Å²) in [7, 11) is 3.96. The van der Waals surface area contributed by atoms with Crippen molar-refractivity contribution in [3.63, 3.8) is 0 Å². The minimum absolute atomic E-state index is 0.0425. The van der Waals surface area contributed by atoms with Gasteiger partial charge in [-0.3, -0.25) is 4.79 Å². The van der Waals surface area contributed by atoms with E-state index in [0.717, 1.165) is 11.3 Å². The van der Waals surface area contributed by atoms with Crippen LogP contribution in [0.15, 0.2) is 24.3 Å². The van der Waals surface area contributed by atoms with Gasteiger partial charge in [0.25, 0.3) is 0 Å². The van der Waals surface area contributed by atoms with E-state index in [1.807, 2.05) is 52.2 Å². The molecule has 7 heteroatoms. The number of hydrogen-bond acceptors (Lipinski definition) is 4. The lowest BCUT2D eigenvalue weighted by Gasteiger charge is -2.28. The van der Waals surface area contributed by atoms with E-state index >= 15 is 0 Å². The summed E-state index contributed by atoms with van der Waals surface area (Å²) in [5.74, 6) is -0.178. The molecule has 0 aliphatic heterocycles. The Hall–Kier alpha value is -2.28. The number of carbonyl (C=O) groups excluding carboxylic acids is 1. The van der Waals surface area contributed by atoms with Gasteiger partial charge >= 0.3 is 12.0 Å². The second-order valence-electron chi connectivity index (χ2n) is 7.96. The van der Waals surface area contributed by atoms with Gasteiger partial charge in [0.05, 0.1) is 18.1 Å². The maximum absolute atomic E-state index is 12.3. The molecule has 0 heterocycles. The predicted molar refractivity (Wildman–Crippen MR) is 109 cm³/mol. The van der Waals surface area contributed by atoms with Gasteiger partial charge in [0, 0.05) is 12.6 Å². The summed E-state index contributed by atoms with van der Waals surface area (Å²) in [6.07, 6.45) is 2.78. The van der Waals surface area contributed by atoms with Crippen LogP contribution in [0, 0.1) is 5.92 Å². The third-order valence-electron chi connectivity index (χ3n) is 5.13. The maximum Gasteiger partial charge on any atom is 0.315 e. The Kier molecular flexibility index (Phi) is 8.11. The third kappa shape index (κ3) is 6.71. The van der Waals surface area contributed by atoms with Gasteiger partial charge in [-0.05, 0) is 71.3 Å². The van der Waals surface area contributed by atoms with Gasteiger partial charge in [0.15, 0.2) is 0 Å². The quantitative estimate of drug-likeness (QED) is 0.634. The van der Waals surface area contributed by atoms with Crippen molar-refractivity contribution in [2.24, 2.45) is 5.92 Å². The molecule has 0 radical (unpaired) electrons. The number of benzene rings is 1. The first-order valence-electron chi connectivity index (χ1n) is 9.96. The van der Waals surface area contributed by atoms with E-state index in [9.17, 15) is 9.59 Å². The van der Waals surface area contributed by atoms with Gasteiger partial charge in [-0.25, -0.2) is 4.79 Å². The highest BCUT2D eigenvalue weighted by Gasteiger charge is 2.26. The number of carbonyl (C=O) groups is 2. The van der Waals surface area contributed by atoms with Crippen LogP contribution >= 0.6 is 0 Å². The van der Waals surface area contributed by atoms with E-state index < -0.39 is 5.97 Å². The number of aliphatic carboxylic acids is 1. The molecule has 1 aliphatic carbocycles. The Labute approximate surface area is 167 Å². The summed E-state index contributed by atoms with van der Waals surface area (Å²) in [5, 5.41) is 15.0. The number of urea groups is 1. The van der Waals surface area contributed by atoms with Crippen LogP contribution in [0.5, 0.6) is 5.75 Å². The number of rotatable bonds is 8. The van der Waals surface area contributed by atoms with E-state index in [0.29, 0.717) is 32.2 Å². The first-order chi connectivity index (χ1) is 13.3. The van der Waals surface area contributed by atoms with Crippen LogP contribution < -0.4 is 15.4 Å². The highest BCUT2D eigenvalue weighted by molar-refractivity contribution is 5.74. The first-order valence-corrected chi connectivity index (χ1v) is 9.96. The Balaban J connectivity index is 1.84. The Morgan fingerprint density at radius 3 is 2.25 bits per heavy atom. The summed E-state index contributed by atoms with van der Waals surface area (Å²) in [5.41, 5.74) is 1.10. The van der Waals surface area contributed by atoms with Gasteiger partial charge in [-0.15, -0.1) is 0 Å². The largest absolute Gasteiger partial charge is 0.491 e. The minimum atomic E-state index is -0.735. The smallest absolute Gasteiger partial charge is 0.315 e. The average molecular weight is 392 g/mol. The maximum atomic E-state index is 12.3. The lowest BCUT2D eigenvalue weighted by atomic mass is 9.86. The minimum Gasteiger partial charge on any atom is -0.491 e. The molecule has 0 aromatic heterocycles. The molecule has 3 N–H and O–H groups in total. The molecule has 1 saturated carbocycles. The van der Waals surface area contributed by atoms with E-state index in [1.54, 1.807) is 0 Å². The van der Waals surface area contributed by atoms with Crippen LogP contribution in [0.4, 0.5) is 4.79 Å². The van der Waals surface area contributed by atoms with Crippen LogP contribution in [-0.2, 0) is 4.79 Å². The summed E-state index contributed by atoms with van der Waals surface area (Å²) < 4.78 is 5.68. The molecule has 0 saturated heterocycles. The lowest BCUT2D eigenvalue weighted by Crippen LogP contribution is -2.46. The average Bonchev–Trinajstić information content (AvgIpc) is 2.63. The van der Waals surface area contributed by atoms with Gasteiger partial charge in [0.1, 0.15) is 5.75 Å². The van der Waals surface area contributed by atoms with Gasteiger partial charge in [-0.2, -0.15) is 0 Å². The standard InChI is InChI=1S/C21H33N3O4/c1-14(2)28-18-11-7-15(8-12-18)19(24(3)4)13-22-21(27)23-17-9-5-16(6-10-17)20(25)26/h7-8,11-12,14,16-17,19H,5-6,9-10,13H2,1-4H3,(H,25,26)(H2,22,23,27). The molecule has 1 fully saturated rings. The first kappa shape index (κ1) is 22.0. The molecule has 1 unspecified atom stereocenters. The fourth-order valence-electron chi connectivity index (χ4n) is 3.55. The number of amides is 2. The molecule has 1 atom stereocenters. The van der Waals surface area contributed by atoms with Crippen molar-refractivity contribution in [1.29, 1.82) is 0 Å². The topological polar surface area (TPSA) is 90.9 Å². The molecule has 0 bridgehead atoms. The zero-order chi connectivity index (χ0) is 20.7. The zero-order valence-electron chi connectivity index (χ0n) is 17.3. The number of likely N-dealkylation sites (N-methyl/N-ethyl adjacent to an activating group) is 1. The Bertz CT molecular complexity index is 638. The monoisotopic (exact) mass is 391 g/mol. The van der Waals surface area contributed by atoms with Crippen LogP contribution in [0.2, 0.25) is 0 Å². The molecule has 0 spiro atoms. The molecule has 156 valence electrons. The molecular formula is C21H33N3O4. The molecule has 1 aromatic carbocycles. The number of nitrogens with one attached hydrogen (secondary N) is 2. The summed E-state index contributed by atoms with van der Waals surface area (Å²) >= 11 is 0. The van der Waals surface area contributed by atoms with E-state index in [4.69, 9.17) is 9.84 Å². The number of carboxylic acid groups (broad SMARTS) is 1. The predicted octanol–water partition coefficient (Wildman–Crippen LogP) is 3.02. The van der Waals surface area contributed by atoms with Crippen LogP contribution in [0.3, 0.4) is 0 Å².